The zero-order valence-corrected chi connectivity index (χ0v) is 11.4. The lowest BCUT2D eigenvalue weighted by Crippen LogP contribution is -2.11. The number of rotatable bonds is 3. The monoisotopic (exact) mass is 306 g/mol. The van der Waals surface area contributed by atoms with Crippen LogP contribution in [-0.4, -0.2) is 4.99 Å². The molecular formula is C13H11BrN2S. The Morgan fingerprint density at radius 1 is 1.00 bits per heavy atom. The highest BCUT2D eigenvalue weighted by atomic mass is 79.9. The molecule has 0 bridgehead atoms. The normalized spacial score (nSPS) is 9.94. The van der Waals surface area contributed by atoms with Crippen molar-refractivity contribution >= 4 is 44.5 Å². The van der Waals surface area contributed by atoms with Crippen LogP contribution in [0.5, 0.6) is 0 Å². The van der Waals surface area contributed by atoms with Gasteiger partial charge >= 0.3 is 0 Å². The van der Waals surface area contributed by atoms with Crippen molar-refractivity contribution in [2.45, 2.75) is 0 Å². The molecule has 86 valence electrons. The average Bonchev–Trinajstić information content (AvgIpc) is 2.32. The summed E-state index contributed by atoms with van der Waals surface area (Å²) in [5.74, 6) is 0. The Bertz CT molecular complexity index is 555. The van der Waals surface area contributed by atoms with E-state index < -0.39 is 0 Å². The summed E-state index contributed by atoms with van der Waals surface area (Å²) in [6.45, 7) is 0. The average molecular weight is 307 g/mol. The second-order valence-electron chi connectivity index (χ2n) is 3.51. The standard InChI is InChI=1S/C13H11BrN2S/c14-10-6-2-4-8-12(10)16-11-7-3-1-5-9(11)13(15)17/h1-8,16H,(H2,15,17). The lowest BCUT2D eigenvalue weighted by atomic mass is 10.1. The molecular weight excluding hydrogens is 296 g/mol. The molecule has 0 saturated carbocycles. The fourth-order valence-corrected chi connectivity index (χ4v) is 2.08. The van der Waals surface area contributed by atoms with E-state index in [0.29, 0.717) is 4.99 Å². The van der Waals surface area contributed by atoms with Crippen molar-refractivity contribution in [3.63, 3.8) is 0 Å². The summed E-state index contributed by atoms with van der Waals surface area (Å²) < 4.78 is 0.998. The lowest BCUT2D eigenvalue weighted by molar-refractivity contribution is 1.50. The van der Waals surface area contributed by atoms with Gasteiger partial charge in [0, 0.05) is 15.7 Å². The molecule has 0 saturated heterocycles. The first-order valence-electron chi connectivity index (χ1n) is 5.09. The molecule has 0 aromatic heterocycles. The fraction of sp³-hybridized carbons (Fsp3) is 0. The van der Waals surface area contributed by atoms with Gasteiger partial charge in [0.15, 0.2) is 0 Å². The van der Waals surface area contributed by atoms with Crippen molar-refractivity contribution in [2.75, 3.05) is 5.32 Å². The van der Waals surface area contributed by atoms with Gasteiger partial charge in [-0.2, -0.15) is 0 Å². The first-order chi connectivity index (χ1) is 8.18. The molecule has 2 aromatic carbocycles. The highest BCUT2D eigenvalue weighted by Crippen LogP contribution is 2.27. The van der Waals surface area contributed by atoms with Crippen LogP contribution in [0.25, 0.3) is 0 Å². The van der Waals surface area contributed by atoms with Crippen LogP contribution in [0.1, 0.15) is 5.56 Å². The van der Waals surface area contributed by atoms with Crippen LogP contribution in [0.2, 0.25) is 0 Å². The van der Waals surface area contributed by atoms with E-state index in [2.05, 4.69) is 21.2 Å². The van der Waals surface area contributed by atoms with Crippen LogP contribution in [0.15, 0.2) is 53.0 Å². The lowest BCUT2D eigenvalue weighted by Gasteiger charge is -2.12. The maximum atomic E-state index is 5.69. The van der Waals surface area contributed by atoms with E-state index in [4.69, 9.17) is 18.0 Å². The zero-order valence-electron chi connectivity index (χ0n) is 8.98. The molecule has 2 rings (SSSR count). The summed E-state index contributed by atoms with van der Waals surface area (Å²) in [6, 6.07) is 15.6. The van der Waals surface area contributed by atoms with E-state index in [-0.39, 0.29) is 0 Å². The Morgan fingerprint density at radius 2 is 1.59 bits per heavy atom. The third-order valence-electron chi connectivity index (χ3n) is 2.34. The third kappa shape index (κ3) is 2.84. The highest BCUT2D eigenvalue weighted by molar-refractivity contribution is 9.10. The summed E-state index contributed by atoms with van der Waals surface area (Å²) in [7, 11) is 0. The van der Waals surface area contributed by atoms with E-state index in [0.717, 1.165) is 21.4 Å². The Kier molecular flexibility index (Phi) is 3.76. The minimum atomic E-state index is 0.389. The summed E-state index contributed by atoms with van der Waals surface area (Å²) in [4.78, 5) is 0.389. The second kappa shape index (κ2) is 5.29. The molecule has 0 atom stereocenters. The predicted octanol–water partition coefficient (Wildman–Crippen LogP) is 3.83. The van der Waals surface area contributed by atoms with Crippen LogP contribution >= 0.6 is 28.1 Å². The van der Waals surface area contributed by atoms with E-state index in [1.54, 1.807) is 0 Å². The van der Waals surface area contributed by atoms with Gasteiger partial charge in [-0.05, 0) is 40.2 Å². The first-order valence-corrected chi connectivity index (χ1v) is 6.29. The number of para-hydroxylation sites is 2. The topological polar surface area (TPSA) is 38.0 Å². The van der Waals surface area contributed by atoms with Gasteiger partial charge in [0.25, 0.3) is 0 Å². The first kappa shape index (κ1) is 12.1. The molecule has 17 heavy (non-hydrogen) atoms. The van der Waals surface area contributed by atoms with Crippen molar-refractivity contribution in [3.05, 3.63) is 58.6 Å². The zero-order chi connectivity index (χ0) is 12.3. The van der Waals surface area contributed by atoms with Gasteiger partial charge in [-0.3, -0.25) is 0 Å². The van der Waals surface area contributed by atoms with Crippen molar-refractivity contribution in [3.8, 4) is 0 Å². The Morgan fingerprint density at radius 3 is 2.24 bits per heavy atom. The minimum absolute atomic E-state index is 0.389. The molecule has 0 aliphatic carbocycles. The van der Waals surface area contributed by atoms with Gasteiger partial charge < -0.3 is 11.1 Å². The molecule has 0 amide bonds. The third-order valence-corrected chi connectivity index (χ3v) is 3.25. The number of hydrogen-bond donors (Lipinski definition) is 2. The van der Waals surface area contributed by atoms with Crippen LogP contribution in [0, 0.1) is 0 Å². The maximum Gasteiger partial charge on any atom is 0.106 e. The van der Waals surface area contributed by atoms with Gasteiger partial charge in [-0.15, -0.1) is 0 Å². The smallest absolute Gasteiger partial charge is 0.106 e. The van der Waals surface area contributed by atoms with E-state index in [1.807, 2.05) is 48.5 Å². The SMILES string of the molecule is NC(=S)c1ccccc1Nc1ccccc1Br. The largest absolute Gasteiger partial charge is 0.389 e. The molecule has 0 unspecified atom stereocenters. The molecule has 0 fully saturated rings. The van der Waals surface area contributed by atoms with Gasteiger partial charge in [-0.25, -0.2) is 0 Å². The summed E-state index contributed by atoms with van der Waals surface area (Å²) >= 11 is 8.51. The van der Waals surface area contributed by atoms with E-state index >= 15 is 0 Å². The van der Waals surface area contributed by atoms with Gasteiger partial charge in [0.2, 0.25) is 0 Å². The molecule has 2 nitrogen and oxygen atoms in total. The van der Waals surface area contributed by atoms with Crippen LogP contribution < -0.4 is 11.1 Å². The summed E-state index contributed by atoms with van der Waals surface area (Å²) in [5.41, 5.74) is 8.42. The van der Waals surface area contributed by atoms with Crippen LogP contribution in [-0.2, 0) is 0 Å². The molecule has 4 heteroatoms. The molecule has 3 N–H and O–H groups in total. The van der Waals surface area contributed by atoms with Crippen LogP contribution in [0.4, 0.5) is 11.4 Å². The van der Waals surface area contributed by atoms with Gasteiger partial charge in [0.05, 0.1) is 5.69 Å². The van der Waals surface area contributed by atoms with Crippen LogP contribution in [0.3, 0.4) is 0 Å². The van der Waals surface area contributed by atoms with Crippen molar-refractivity contribution in [2.24, 2.45) is 5.73 Å². The Hall–Kier alpha value is -1.39. The quantitative estimate of drug-likeness (QED) is 0.847. The number of halogens is 1. The second-order valence-corrected chi connectivity index (χ2v) is 4.81. The van der Waals surface area contributed by atoms with Gasteiger partial charge in [0.1, 0.15) is 4.99 Å². The molecule has 2 aromatic rings. The Balaban J connectivity index is 2.37. The highest BCUT2D eigenvalue weighted by Gasteiger charge is 2.05. The molecule has 0 spiro atoms. The van der Waals surface area contributed by atoms with Crippen molar-refractivity contribution < 1.29 is 0 Å². The van der Waals surface area contributed by atoms with Crippen molar-refractivity contribution in [1.82, 2.24) is 0 Å². The van der Waals surface area contributed by atoms with E-state index in [9.17, 15) is 0 Å². The molecule has 0 heterocycles. The molecule has 0 radical (unpaired) electrons. The summed E-state index contributed by atoms with van der Waals surface area (Å²) in [6.07, 6.45) is 0. The molecule has 0 aliphatic heterocycles. The fourth-order valence-electron chi connectivity index (χ4n) is 1.51. The minimum Gasteiger partial charge on any atom is -0.389 e. The molecule has 0 aliphatic rings. The number of anilines is 2. The number of hydrogen-bond acceptors (Lipinski definition) is 2. The summed E-state index contributed by atoms with van der Waals surface area (Å²) in [5, 5.41) is 3.31. The number of benzene rings is 2. The number of nitrogens with one attached hydrogen (secondary N) is 1. The maximum absolute atomic E-state index is 5.69. The van der Waals surface area contributed by atoms with Crippen molar-refractivity contribution in [1.29, 1.82) is 0 Å². The van der Waals surface area contributed by atoms with Gasteiger partial charge in [-0.1, -0.05) is 36.5 Å². The Labute approximate surface area is 114 Å². The number of nitrogens with two attached hydrogens (primary N) is 1. The number of thiocarbonyl (C=S) groups is 1. The predicted molar refractivity (Wildman–Crippen MR) is 79.8 cm³/mol. The van der Waals surface area contributed by atoms with E-state index in [1.165, 1.54) is 0 Å².